The summed E-state index contributed by atoms with van der Waals surface area (Å²) in [5, 5.41) is 0. The SMILES string of the molecule is C=C(C)c1ccccc1CC(C)C. The quantitative estimate of drug-likeness (QED) is 0.651. The summed E-state index contributed by atoms with van der Waals surface area (Å²) in [4.78, 5) is 0. The molecule has 0 heterocycles. The van der Waals surface area contributed by atoms with E-state index in [2.05, 4.69) is 51.6 Å². The molecule has 0 aromatic heterocycles. The van der Waals surface area contributed by atoms with Gasteiger partial charge in [-0.25, -0.2) is 0 Å². The Hall–Kier alpha value is -1.04. The zero-order valence-electron chi connectivity index (χ0n) is 8.80. The summed E-state index contributed by atoms with van der Waals surface area (Å²) in [5.41, 5.74) is 3.90. The van der Waals surface area contributed by atoms with E-state index in [4.69, 9.17) is 0 Å². The Bertz CT molecular complexity index is 295. The van der Waals surface area contributed by atoms with E-state index >= 15 is 0 Å². The third-order valence-corrected chi connectivity index (χ3v) is 2.11. The highest BCUT2D eigenvalue weighted by atomic mass is 14.1. The molecule has 0 N–H and O–H groups in total. The third kappa shape index (κ3) is 2.73. The van der Waals surface area contributed by atoms with Crippen molar-refractivity contribution >= 4 is 5.57 Å². The summed E-state index contributed by atoms with van der Waals surface area (Å²) in [6.45, 7) is 10.6. The van der Waals surface area contributed by atoms with Gasteiger partial charge in [-0.1, -0.05) is 50.3 Å². The molecule has 0 saturated heterocycles. The molecule has 1 rings (SSSR count). The zero-order valence-corrected chi connectivity index (χ0v) is 8.80. The minimum Gasteiger partial charge on any atom is -0.0955 e. The van der Waals surface area contributed by atoms with Crippen LogP contribution in [0, 0.1) is 5.92 Å². The van der Waals surface area contributed by atoms with E-state index < -0.39 is 0 Å². The first-order chi connectivity index (χ1) is 6.11. The van der Waals surface area contributed by atoms with Gasteiger partial charge in [-0.3, -0.25) is 0 Å². The van der Waals surface area contributed by atoms with E-state index in [1.54, 1.807) is 0 Å². The smallest absolute Gasteiger partial charge is 0.0201 e. The van der Waals surface area contributed by atoms with Crippen molar-refractivity contribution in [3.63, 3.8) is 0 Å². The van der Waals surface area contributed by atoms with Crippen LogP contribution in [0.1, 0.15) is 31.9 Å². The second-order valence-corrected chi connectivity index (χ2v) is 4.04. The maximum atomic E-state index is 3.99. The van der Waals surface area contributed by atoms with E-state index in [0.29, 0.717) is 5.92 Å². The van der Waals surface area contributed by atoms with E-state index in [0.717, 1.165) is 12.0 Å². The van der Waals surface area contributed by atoms with Gasteiger partial charge in [-0.05, 0) is 30.4 Å². The standard InChI is InChI=1S/C13H18/c1-10(2)9-12-7-5-6-8-13(12)11(3)4/h5-8,10H,3,9H2,1-2,4H3. The van der Waals surface area contributed by atoms with Crippen LogP contribution in [0.4, 0.5) is 0 Å². The summed E-state index contributed by atoms with van der Waals surface area (Å²) in [5.74, 6) is 0.709. The van der Waals surface area contributed by atoms with Gasteiger partial charge in [-0.2, -0.15) is 0 Å². The Kier molecular flexibility index (Phi) is 3.30. The Morgan fingerprint density at radius 2 is 1.92 bits per heavy atom. The van der Waals surface area contributed by atoms with E-state index in [1.165, 1.54) is 11.1 Å². The maximum Gasteiger partial charge on any atom is -0.0201 e. The molecule has 0 saturated carbocycles. The average molecular weight is 174 g/mol. The molecule has 1 aromatic carbocycles. The van der Waals surface area contributed by atoms with Crippen molar-refractivity contribution in [3.8, 4) is 0 Å². The Morgan fingerprint density at radius 1 is 1.31 bits per heavy atom. The van der Waals surface area contributed by atoms with Crippen molar-refractivity contribution in [2.24, 2.45) is 5.92 Å². The fourth-order valence-electron chi connectivity index (χ4n) is 1.55. The van der Waals surface area contributed by atoms with Crippen LogP contribution in [0.3, 0.4) is 0 Å². The molecule has 0 unspecified atom stereocenters. The molecule has 0 aliphatic carbocycles. The lowest BCUT2D eigenvalue weighted by atomic mass is 9.95. The van der Waals surface area contributed by atoms with Crippen LogP contribution in [0.2, 0.25) is 0 Å². The van der Waals surface area contributed by atoms with Gasteiger partial charge in [0.2, 0.25) is 0 Å². The van der Waals surface area contributed by atoms with Crippen LogP contribution in [-0.2, 0) is 6.42 Å². The normalized spacial score (nSPS) is 10.5. The number of rotatable bonds is 3. The molecule has 0 spiro atoms. The minimum atomic E-state index is 0.709. The second kappa shape index (κ2) is 4.27. The molecule has 0 heteroatoms. The molecule has 0 aliphatic heterocycles. The van der Waals surface area contributed by atoms with Gasteiger partial charge in [0.1, 0.15) is 0 Å². The van der Waals surface area contributed by atoms with Crippen LogP contribution in [-0.4, -0.2) is 0 Å². The van der Waals surface area contributed by atoms with E-state index in [1.807, 2.05) is 0 Å². The van der Waals surface area contributed by atoms with Crippen molar-refractivity contribution < 1.29 is 0 Å². The molecule has 1 aromatic rings. The largest absolute Gasteiger partial charge is 0.0955 e. The molecule has 0 fully saturated rings. The minimum absolute atomic E-state index is 0.709. The number of allylic oxidation sites excluding steroid dienone is 1. The van der Waals surface area contributed by atoms with Gasteiger partial charge >= 0.3 is 0 Å². The summed E-state index contributed by atoms with van der Waals surface area (Å²) >= 11 is 0. The highest BCUT2D eigenvalue weighted by Gasteiger charge is 2.03. The first-order valence-electron chi connectivity index (χ1n) is 4.85. The van der Waals surface area contributed by atoms with Gasteiger partial charge in [0, 0.05) is 0 Å². The van der Waals surface area contributed by atoms with Crippen molar-refractivity contribution in [3.05, 3.63) is 42.0 Å². The maximum absolute atomic E-state index is 3.99. The average Bonchev–Trinajstić information content (AvgIpc) is 2.03. The molecule has 0 radical (unpaired) electrons. The molecular formula is C13H18. The fourth-order valence-corrected chi connectivity index (χ4v) is 1.55. The summed E-state index contributed by atoms with van der Waals surface area (Å²) in [7, 11) is 0. The second-order valence-electron chi connectivity index (χ2n) is 4.04. The number of hydrogen-bond acceptors (Lipinski definition) is 0. The van der Waals surface area contributed by atoms with Gasteiger partial charge in [0.15, 0.2) is 0 Å². The van der Waals surface area contributed by atoms with Crippen molar-refractivity contribution in [2.45, 2.75) is 27.2 Å². The lowest BCUT2D eigenvalue weighted by molar-refractivity contribution is 0.646. The predicted octanol–water partition coefficient (Wildman–Crippen LogP) is 3.92. The van der Waals surface area contributed by atoms with E-state index in [-0.39, 0.29) is 0 Å². The fraction of sp³-hybridized carbons (Fsp3) is 0.385. The van der Waals surface area contributed by atoms with Crippen molar-refractivity contribution in [1.82, 2.24) is 0 Å². The van der Waals surface area contributed by atoms with Crippen LogP contribution in [0.25, 0.3) is 5.57 Å². The lowest BCUT2D eigenvalue weighted by Crippen LogP contribution is -1.97. The van der Waals surface area contributed by atoms with Gasteiger partial charge in [0.25, 0.3) is 0 Å². The molecule has 0 bridgehead atoms. The van der Waals surface area contributed by atoms with Crippen LogP contribution in [0.15, 0.2) is 30.8 Å². The first kappa shape index (κ1) is 10.0. The third-order valence-electron chi connectivity index (χ3n) is 2.11. The van der Waals surface area contributed by atoms with Crippen LogP contribution >= 0.6 is 0 Å². The molecular weight excluding hydrogens is 156 g/mol. The number of hydrogen-bond donors (Lipinski definition) is 0. The van der Waals surface area contributed by atoms with Gasteiger partial charge in [0.05, 0.1) is 0 Å². The Balaban J connectivity index is 2.98. The van der Waals surface area contributed by atoms with Crippen LogP contribution < -0.4 is 0 Å². The van der Waals surface area contributed by atoms with Gasteiger partial charge < -0.3 is 0 Å². The molecule has 0 amide bonds. The highest BCUT2D eigenvalue weighted by Crippen LogP contribution is 2.19. The summed E-state index contributed by atoms with van der Waals surface area (Å²) in [6, 6.07) is 8.53. The molecule has 70 valence electrons. The molecule has 13 heavy (non-hydrogen) atoms. The summed E-state index contributed by atoms with van der Waals surface area (Å²) in [6.07, 6.45) is 1.14. The Labute approximate surface area is 81.3 Å². The monoisotopic (exact) mass is 174 g/mol. The lowest BCUT2D eigenvalue weighted by Gasteiger charge is -2.10. The number of benzene rings is 1. The molecule has 0 aliphatic rings. The molecule has 0 atom stereocenters. The first-order valence-corrected chi connectivity index (χ1v) is 4.85. The van der Waals surface area contributed by atoms with E-state index in [9.17, 15) is 0 Å². The Morgan fingerprint density at radius 3 is 2.46 bits per heavy atom. The predicted molar refractivity (Wildman–Crippen MR) is 59.7 cm³/mol. The summed E-state index contributed by atoms with van der Waals surface area (Å²) < 4.78 is 0. The topological polar surface area (TPSA) is 0 Å². The zero-order chi connectivity index (χ0) is 9.84. The van der Waals surface area contributed by atoms with Crippen LogP contribution in [0.5, 0.6) is 0 Å². The van der Waals surface area contributed by atoms with Gasteiger partial charge in [-0.15, -0.1) is 0 Å². The van der Waals surface area contributed by atoms with Crippen molar-refractivity contribution in [2.75, 3.05) is 0 Å². The van der Waals surface area contributed by atoms with Crippen molar-refractivity contribution in [1.29, 1.82) is 0 Å². The highest BCUT2D eigenvalue weighted by molar-refractivity contribution is 5.64. The molecule has 0 nitrogen and oxygen atoms in total.